The van der Waals surface area contributed by atoms with Crippen molar-refractivity contribution in [2.24, 2.45) is 0 Å². The Hall–Kier alpha value is -0.670. The summed E-state index contributed by atoms with van der Waals surface area (Å²) in [7, 11) is 1.76. The lowest BCUT2D eigenvalue weighted by molar-refractivity contribution is 0.399. The minimum atomic E-state index is 0.333. The number of thioether (sulfide) groups is 1. The highest BCUT2D eigenvalue weighted by Crippen LogP contribution is 2.35. The largest absolute Gasteiger partial charge is 0.496 e. The molecule has 1 aromatic rings. The molecule has 0 aromatic heterocycles. The maximum atomic E-state index is 5.56. The summed E-state index contributed by atoms with van der Waals surface area (Å²) in [5.41, 5.74) is 1.31. The maximum absolute atomic E-state index is 5.56. The Labute approximate surface area is 128 Å². The highest BCUT2D eigenvalue weighted by molar-refractivity contribution is 7.99. The van der Waals surface area contributed by atoms with Crippen LogP contribution in [0.5, 0.6) is 5.75 Å². The van der Waals surface area contributed by atoms with Gasteiger partial charge in [0.05, 0.1) is 7.11 Å². The van der Waals surface area contributed by atoms with E-state index in [9.17, 15) is 0 Å². The van der Waals surface area contributed by atoms with Crippen LogP contribution in [0.25, 0.3) is 0 Å². The van der Waals surface area contributed by atoms with Gasteiger partial charge in [0.25, 0.3) is 0 Å². The molecule has 3 heteroatoms. The van der Waals surface area contributed by atoms with Crippen molar-refractivity contribution in [2.75, 3.05) is 19.4 Å². The van der Waals surface area contributed by atoms with E-state index < -0.39 is 0 Å². The number of ether oxygens (including phenoxy) is 1. The van der Waals surface area contributed by atoms with E-state index in [4.69, 9.17) is 4.74 Å². The molecule has 20 heavy (non-hydrogen) atoms. The van der Waals surface area contributed by atoms with Gasteiger partial charge in [-0.05, 0) is 44.2 Å². The van der Waals surface area contributed by atoms with Gasteiger partial charge in [-0.2, -0.15) is 0 Å². The number of methoxy groups -OCH3 is 1. The number of hydrogen-bond acceptors (Lipinski definition) is 3. The Bertz CT molecular complexity index is 381. The fourth-order valence-electron chi connectivity index (χ4n) is 2.25. The van der Waals surface area contributed by atoms with Crippen LogP contribution in [-0.4, -0.2) is 19.4 Å². The van der Waals surface area contributed by atoms with Crippen molar-refractivity contribution in [1.29, 1.82) is 0 Å². The Morgan fingerprint density at radius 3 is 2.65 bits per heavy atom. The van der Waals surface area contributed by atoms with Crippen molar-refractivity contribution in [1.82, 2.24) is 5.32 Å². The number of hydrogen-bond donors (Lipinski definition) is 1. The predicted molar refractivity (Wildman–Crippen MR) is 90.0 cm³/mol. The molecule has 1 N–H and O–H groups in total. The summed E-state index contributed by atoms with van der Waals surface area (Å²) in [6, 6.07) is 6.71. The molecule has 0 spiro atoms. The van der Waals surface area contributed by atoms with E-state index in [2.05, 4.69) is 44.3 Å². The Balaban J connectivity index is 2.80. The molecule has 0 aliphatic heterocycles. The average Bonchev–Trinajstić information content (AvgIpc) is 2.48. The van der Waals surface area contributed by atoms with Crippen LogP contribution in [0, 0.1) is 0 Å². The summed E-state index contributed by atoms with van der Waals surface area (Å²) in [4.78, 5) is 1.36. The molecule has 0 saturated carbocycles. The summed E-state index contributed by atoms with van der Waals surface area (Å²) in [6.45, 7) is 7.71. The summed E-state index contributed by atoms with van der Waals surface area (Å²) in [6.07, 6.45) is 5.03. The molecule has 1 unspecified atom stereocenters. The summed E-state index contributed by atoms with van der Waals surface area (Å²) < 4.78 is 5.56. The van der Waals surface area contributed by atoms with Crippen LogP contribution in [0.4, 0.5) is 0 Å². The molecule has 0 amide bonds. The van der Waals surface area contributed by atoms with Crippen LogP contribution in [0.15, 0.2) is 23.1 Å². The van der Waals surface area contributed by atoms with E-state index in [1.54, 1.807) is 7.11 Å². The first-order chi connectivity index (χ1) is 9.74. The van der Waals surface area contributed by atoms with Gasteiger partial charge in [-0.25, -0.2) is 0 Å². The zero-order valence-corrected chi connectivity index (χ0v) is 14.2. The van der Waals surface area contributed by atoms with E-state index in [1.807, 2.05) is 11.8 Å². The first-order valence-electron chi connectivity index (χ1n) is 7.77. The second-order valence-corrected chi connectivity index (χ2v) is 6.24. The lowest BCUT2D eigenvalue weighted by Gasteiger charge is -2.20. The number of rotatable bonds is 10. The highest BCUT2D eigenvalue weighted by Gasteiger charge is 2.15. The van der Waals surface area contributed by atoms with Crippen molar-refractivity contribution in [3.05, 3.63) is 23.8 Å². The van der Waals surface area contributed by atoms with Crippen LogP contribution in [0.3, 0.4) is 0 Å². The Morgan fingerprint density at radius 2 is 2.00 bits per heavy atom. The summed E-state index contributed by atoms with van der Waals surface area (Å²) in [5.74, 6) is 2.19. The Morgan fingerprint density at radius 1 is 1.20 bits per heavy atom. The first kappa shape index (κ1) is 17.4. The minimum Gasteiger partial charge on any atom is -0.496 e. The molecule has 0 heterocycles. The quantitative estimate of drug-likeness (QED) is 0.483. The van der Waals surface area contributed by atoms with Gasteiger partial charge in [0.2, 0.25) is 0 Å². The van der Waals surface area contributed by atoms with E-state index in [-0.39, 0.29) is 0 Å². The monoisotopic (exact) mass is 295 g/mol. The molecule has 2 nitrogen and oxygen atoms in total. The maximum Gasteiger partial charge on any atom is 0.124 e. The molecular formula is C17H29NOS. The van der Waals surface area contributed by atoms with Gasteiger partial charge in [0, 0.05) is 16.5 Å². The number of benzene rings is 1. The van der Waals surface area contributed by atoms with E-state index in [0.717, 1.165) is 18.7 Å². The fourth-order valence-corrected chi connectivity index (χ4v) is 3.43. The summed E-state index contributed by atoms with van der Waals surface area (Å²) in [5, 5.41) is 3.57. The highest BCUT2D eigenvalue weighted by atomic mass is 32.2. The lowest BCUT2D eigenvalue weighted by atomic mass is 10.1. The zero-order valence-electron chi connectivity index (χ0n) is 13.4. The second kappa shape index (κ2) is 10.1. The smallest absolute Gasteiger partial charge is 0.124 e. The molecule has 1 atom stereocenters. The minimum absolute atomic E-state index is 0.333. The normalized spacial score (nSPS) is 12.4. The molecule has 1 aromatic carbocycles. The van der Waals surface area contributed by atoms with Crippen LogP contribution < -0.4 is 10.1 Å². The van der Waals surface area contributed by atoms with Crippen molar-refractivity contribution in [2.45, 2.75) is 57.4 Å². The van der Waals surface area contributed by atoms with Gasteiger partial charge in [-0.3, -0.25) is 0 Å². The molecule has 0 aliphatic carbocycles. The van der Waals surface area contributed by atoms with Crippen LogP contribution >= 0.6 is 11.8 Å². The van der Waals surface area contributed by atoms with E-state index >= 15 is 0 Å². The average molecular weight is 295 g/mol. The molecule has 114 valence electrons. The molecule has 0 bridgehead atoms. The second-order valence-electron chi connectivity index (χ2n) is 5.10. The van der Waals surface area contributed by atoms with Gasteiger partial charge in [0.15, 0.2) is 0 Å². The molecule has 0 saturated heterocycles. The van der Waals surface area contributed by atoms with Crippen molar-refractivity contribution in [3.63, 3.8) is 0 Å². The third-order valence-electron chi connectivity index (χ3n) is 3.39. The molecule has 0 radical (unpaired) electrons. The van der Waals surface area contributed by atoms with Gasteiger partial charge in [-0.1, -0.05) is 32.8 Å². The number of unbranched alkanes of at least 4 members (excludes halogenated alkanes) is 2. The van der Waals surface area contributed by atoms with E-state index in [1.165, 1.54) is 35.5 Å². The van der Waals surface area contributed by atoms with Gasteiger partial charge >= 0.3 is 0 Å². The van der Waals surface area contributed by atoms with Crippen molar-refractivity contribution in [3.8, 4) is 5.75 Å². The summed E-state index contributed by atoms with van der Waals surface area (Å²) >= 11 is 1.96. The SMILES string of the molecule is CCCCCSc1cccc(OC)c1C(C)NCCC. The van der Waals surface area contributed by atoms with Crippen molar-refractivity contribution < 1.29 is 4.74 Å². The predicted octanol–water partition coefficient (Wildman–Crippen LogP) is 5.04. The van der Waals surface area contributed by atoms with E-state index in [0.29, 0.717) is 6.04 Å². The molecule has 0 aliphatic rings. The number of nitrogens with one attached hydrogen (secondary N) is 1. The fraction of sp³-hybridized carbons (Fsp3) is 0.647. The lowest BCUT2D eigenvalue weighted by Crippen LogP contribution is -2.20. The van der Waals surface area contributed by atoms with Gasteiger partial charge in [0.1, 0.15) is 5.75 Å². The van der Waals surface area contributed by atoms with Crippen molar-refractivity contribution >= 4 is 11.8 Å². The first-order valence-corrected chi connectivity index (χ1v) is 8.76. The topological polar surface area (TPSA) is 21.3 Å². The van der Waals surface area contributed by atoms with Gasteiger partial charge in [-0.15, -0.1) is 11.8 Å². The molecule has 0 fully saturated rings. The third kappa shape index (κ3) is 5.37. The third-order valence-corrected chi connectivity index (χ3v) is 4.54. The standard InChI is InChI=1S/C17H29NOS/c1-5-7-8-13-20-16-11-9-10-15(19-4)17(16)14(3)18-12-6-2/h9-11,14,18H,5-8,12-13H2,1-4H3. The van der Waals surface area contributed by atoms with Crippen LogP contribution in [0.1, 0.15) is 58.1 Å². The van der Waals surface area contributed by atoms with Crippen LogP contribution in [-0.2, 0) is 0 Å². The van der Waals surface area contributed by atoms with Gasteiger partial charge < -0.3 is 10.1 Å². The Kier molecular flexibility index (Phi) is 8.79. The van der Waals surface area contributed by atoms with Crippen LogP contribution in [0.2, 0.25) is 0 Å². The molecular weight excluding hydrogens is 266 g/mol. The molecule has 1 rings (SSSR count). The zero-order chi connectivity index (χ0) is 14.8.